The third-order valence-electron chi connectivity index (χ3n) is 4.32. The second kappa shape index (κ2) is 7.55. The minimum absolute atomic E-state index is 0.720. The maximum atomic E-state index is 5.33. The van der Waals surface area contributed by atoms with Crippen LogP contribution in [-0.4, -0.2) is 54.0 Å². The number of imidazole rings is 1. The summed E-state index contributed by atoms with van der Waals surface area (Å²) in [5, 5.41) is 6.38. The maximum absolute atomic E-state index is 5.33. The Morgan fingerprint density at radius 1 is 1.15 bits per heavy atom. The molecule has 3 heterocycles. The van der Waals surface area contributed by atoms with Gasteiger partial charge in [0.15, 0.2) is 0 Å². The zero-order valence-corrected chi connectivity index (χ0v) is 14.6. The normalized spacial score (nSPS) is 15.6. The van der Waals surface area contributed by atoms with Crippen LogP contribution in [0.2, 0.25) is 0 Å². The molecule has 26 heavy (non-hydrogen) atoms. The SMILES string of the molecule is COc1ccc(-c2nc(C=NNN3CCOCC3)c3ccccn23)cc1. The van der Waals surface area contributed by atoms with Crippen LogP contribution < -0.4 is 10.3 Å². The van der Waals surface area contributed by atoms with Crippen molar-refractivity contribution in [3.8, 4) is 17.1 Å². The van der Waals surface area contributed by atoms with Crippen molar-refractivity contribution in [1.82, 2.24) is 19.9 Å². The number of benzene rings is 1. The number of nitrogens with zero attached hydrogens (tertiary/aromatic N) is 4. The number of methoxy groups -OCH3 is 1. The lowest BCUT2D eigenvalue weighted by Crippen LogP contribution is -2.43. The van der Waals surface area contributed by atoms with Crippen LogP contribution in [-0.2, 0) is 4.74 Å². The first-order chi connectivity index (χ1) is 12.8. The summed E-state index contributed by atoms with van der Waals surface area (Å²) < 4.78 is 12.6. The fourth-order valence-electron chi connectivity index (χ4n) is 2.94. The van der Waals surface area contributed by atoms with Crippen molar-refractivity contribution < 1.29 is 9.47 Å². The van der Waals surface area contributed by atoms with Crippen molar-refractivity contribution in [3.05, 3.63) is 54.4 Å². The quantitative estimate of drug-likeness (QED) is 0.564. The van der Waals surface area contributed by atoms with Gasteiger partial charge in [-0.1, -0.05) is 6.07 Å². The summed E-state index contributed by atoms with van der Waals surface area (Å²) in [4.78, 5) is 4.79. The number of hydrazine groups is 1. The number of rotatable bonds is 5. The molecule has 7 nitrogen and oxygen atoms in total. The molecule has 1 N–H and O–H groups in total. The van der Waals surface area contributed by atoms with Crippen LogP contribution in [0.15, 0.2) is 53.8 Å². The molecule has 0 saturated carbocycles. The van der Waals surface area contributed by atoms with E-state index in [0.29, 0.717) is 0 Å². The van der Waals surface area contributed by atoms with Gasteiger partial charge in [-0.25, -0.2) is 15.5 Å². The van der Waals surface area contributed by atoms with Gasteiger partial charge < -0.3 is 9.47 Å². The second-order valence-corrected chi connectivity index (χ2v) is 5.96. The number of hydrogen-bond acceptors (Lipinski definition) is 6. The number of aromatic nitrogens is 2. The van der Waals surface area contributed by atoms with Crippen LogP contribution in [0.25, 0.3) is 16.9 Å². The van der Waals surface area contributed by atoms with E-state index in [1.54, 1.807) is 13.3 Å². The average Bonchev–Trinajstić information content (AvgIpc) is 3.08. The number of hydrogen-bond donors (Lipinski definition) is 1. The van der Waals surface area contributed by atoms with Crippen molar-refractivity contribution in [2.24, 2.45) is 5.10 Å². The van der Waals surface area contributed by atoms with E-state index in [1.165, 1.54) is 0 Å². The molecular weight excluding hydrogens is 330 g/mol. The van der Waals surface area contributed by atoms with E-state index in [4.69, 9.17) is 14.5 Å². The summed E-state index contributed by atoms with van der Waals surface area (Å²) in [6, 6.07) is 13.9. The predicted molar refractivity (Wildman–Crippen MR) is 100 cm³/mol. The predicted octanol–water partition coefficient (Wildman–Crippen LogP) is 2.18. The third kappa shape index (κ3) is 3.40. The Labute approximate surface area is 151 Å². The van der Waals surface area contributed by atoms with Gasteiger partial charge in [-0.15, -0.1) is 0 Å². The van der Waals surface area contributed by atoms with E-state index in [9.17, 15) is 0 Å². The zero-order chi connectivity index (χ0) is 17.8. The Kier molecular flexibility index (Phi) is 4.81. The van der Waals surface area contributed by atoms with Gasteiger partial charge in [-0.3, -0.25) is 4.40 Å². The van der Waals surface area contributed by atoms with Gasteiger partial charge in [0.05, 0.1) is 32.1 Å². The Morgan fingerprint density at radius 3 is 2.73 bits per heavy atom. The summed E-state index contributed by atoms with van der Waals surface area (Å²) in [7, 11) is 1.66. The van der Waals surface area contributed by atoms with Crippen LogP contribution in [0.4, 0.5) is 0 Å². The number of pyridine rings is 1. The minimum atomic E-state index is 0.720. The van der Waals surface area contributed by atoms with Gasteiger partial charge in [-0.2, -0.15) is 5.10 Å². The summed E-state index contributed by atoms with van der Waals surface area (Å²) in [6.07, 6.45) is 3.77. The van der Waals surface area contributed by atoms with Crippen LogP contribution in [0, 0.1) is 0 Å². The molecule has 0 spiro atoms. The summed E-state index contributed by atoms with van der Waals surface area (Å²) in [6.45, 7) is 3.08. The molecule has 0 amide bonds. The Balaban J connectivity index is 1.62. The molecule has 1 aliphatic rings. The first kappa shape index (κ1) is 16.6. The monoisotopic (exact) mass is 351 g/mol. The fraction of sp³-hybridized carbons (Fsp3) is 0.263. The summed E-state index contributed by atoms with van der Waals surface area (Å²) in [5.41, 5.74) is 5.90. The molecule has 4 rings (SSSR count). The number of ether oxygens (including phenoxy) is 2. The second-order valence-electron chi connectivity index (χ2n) is 5.96. The van der Waals surface area contributed by atoms with E-state index >= 15 is 0 Å². The molecule has 1 aromatic carbocycles. The first-order valence-corrected chi connectivity index (χ1v) is 8.58. The molecular formula is C19H21N5O2. The van der Waals surface area contributed by atoms with Crippen molar-refractivity contribution in [3.63, 3.8) is 0 Å². The lowest BCUT2D eigenvalue weighted by atomic mass is 10.2. The topological polar surface area (TPSA) is 63.4 Å². The molecule has 0 atom stereocenters. The molecule has 7 heteroatoms. The molecule has 2 aromatic heterocycles. The van der Waals surface area contributed by atoms with Gasteiger partial charge >= 0.3 is 0 Å². The standard InChI is InChI=1S/C19H21N5O2/c1-25-16-7-5-15(6-8-16)19-21-17(18-4-2-3-9-24(18)19)14-20-22-23-10-12-26-13-11-23/h2-9,14,22H,10-13H2,1H3. The molecule has 0 aliphatic carbocycles. The van der Waals surface area contributed by atoms with Gasteiger partial charge in [0.25, 0.3) is 0 Å². The highest BCUT2D eigenvalue weighted by Gasteiger charge is 2.12. The third-order valence-corrected chi connectivity index (χ3v) is 4.32. The van der Waals surface area contributed by atoms with Gasteiger partial charge in [0.2, 0.25) is 0 Å². The maximum Gasteiger partial charge on any atom is 0.145 e. The summed E-state index contributed by atoms with van der Waals surface area (Å²) in [5.74, 6) is 1.70. The number of fused-ring (bicyclic) bond motifs is 1. The van der Waals surface area contributed by atoms with Gasteiger partial charge in [0.1, 0.15) is 17.3 Å². The average molecular weight is 351 g/mol. The zero-order valence-electron chi connectivity index (χ0n) is 14.6. The first-order valence-electron chi connectivity index (χ1n) is 8.58. The molecule has 0 radical (unpaired) electrons. The lowest BCUT2D eigenvalue weighted by molar-refractivity contribution is 0.0128. The summed E-state index contributed by atoms with van der Waals surface area (Å²) >= 11 is 0. The molecule has 0 unspecified atom stereocenters. The molecule has 3 aromatic rings. The highest BCUT2D eigenvalue weighted by atomic mass is 16.5. The highest BCUT2D eigenvalue weighted by Crippen LogP contribution is 2.24. The highest BCUT2D eigenvalue weighted by molar-refractivity contribution is 5.88. The van der Waals surface area contributed by atoms with Crippen molar-refractivity contribution in [2.45, 2.75) is 0 Å². The largest absolute Gasteiger partial charge is 0.497 e. The van der Waals surface area contributed by atoms with Gasteiger partial charge in [0, 0.05) is 24.8 Å². The molecule has 1 saturated heterocycles. The molecule has 0 bridgehead atoms. The Hall–Kier alpha value is -2.90. The molecule has 1 aliphatic heterocycles. The van der Waals surface area contributed by atoms with E-state index < -0.39 is 0 Å². The molecule has 1 fully saturated rings. The van der Waals surface area contributed by atoms with Crippen molar-refractivity contribution >= 4 is 11.7 Å². The van der Waals surface area contributed by atoms with E-state index in [2.05, 4.69) is 15.0 Å². The minimum Gasteiger partial charge on any atom is -0.497 e. The number of nitrogens with one attached hydrogen (secondary N) is 1. The van der Waals surface area contributed by atoms with E-state index in [-0.39, 0.29) is 0 Å². The van der Waals surface area contributed by atoms with Crippen molar-refractivity contribution in [1.29, 1.82) is 0 Å². The number of morpholine rings is 1. The Bertz CT molecular complexity index is 898. The van der Waals surface area contributed by atoms with E-state index in [0.717, 1.165) is 54.7 Å². The smallest absolute Gasteiger partial charge is 0.145 e. The van der Waals surface area contributed by atoms with E-state index in [1.807, 2.05) is 53.7 Å². The van der Waals surface area contributed by atoms with Crippen LogP contribution >= 0.6 is 0 Å². The van der Waals surface area contributed by atoms with Crippen molar-refractivity contribution in [2.75, 3.05) is 33.4 Å². The fourth-order valence-corrected chi connectivity index (χ4v) is 2.94. The molecule has 134 valence electrons. The van der Waals surface area contributed by atoms with Crippen LogP contribution in [0.5, 0.6) is 5.75 Å². The Morgan fingerprint density at radius 2 is 1.96 bits per heavy atom. The van der Waals surface area contributed by atoms with Gasteiger partial charge in [-0.05, 0) is 36.4 Å². The lowest BCUT2D eigenvalue weighted by Gasteiger charge is -2.25. The van der Waals surface area contributed by atoms with Crippen LogP contribution in [0.1, 0.15) is 5.69 Å². The number of hydrazone groups is 1. The van der Waals surface area contributed by atoms with Crippen LogP contribution in [0.3, 0.4) is 0 Å².